The predicted octanol–water partition coefficient (Wildman–Crippen LogP) is 2.18. The summed E-state index contributed by atoms with van der Waals surface area (Å²) in [6, 6.07) is 9.23. The number of urea groups is 1. The molecule has 0 spiro atoms. The zero-order valence-corrected chi connectivity index (χ0v) is 17.3. The lowest BCUT2D eigenvalue weighted by Gasteiger charge is -2.43. The van der Waals surface area contributed by atoms with Crippen LogP contribution in [0.4, 0.5) is 4.79 Å². The molecule has 1 aromatic rings. The number of hydrogen-bond donors (Lipinski definition) is 0. The zero-order valence-electron chi connectivity index (χ0n) is 17.3. The van der Waals surface area contributed by atoms with E-state index >= 15 is 0 Å². The second-order valence-electron chi connectivity index (χ2n) is 9.12. The SMILES string of the molecule is O=C(C1CN(C(=O)N2CCc3ccccc3C2)C1)N1CCCN(C2CCC2)CC1. The van der Waals surface area contributed by atoms with Crippen LogP contribution >= 0.6 is 0 Å². The van der Waals surface area contributed by atoms with Gasteiger partial charge >= 0.3 is 6.03 Å². The highest BCUT2D eigenvalue weighted by molar-refractivity contribution is 5.84. The highest BCUT2D eigenvalue weighted by Crippen LogP contribution is 2.27. The van der Waals surface area contributed by atoms with Gasteiger partial charge in [0.25, 0.3) is 0 Å². The van der Waals surface area contributed by atoms with Crippen LogP contribution in [0.5, 0.6) is 0 Å². The largest absolute Gasteiger partial charge is 0.341 e. The predicted molar refractivity (Wildman–Crippen MR) is 111 cm³/mol. The third-order valence-corrected chi connectivity index (χ3v) is 7.34. The minimum absolute atomic E-state index is 0.00807. The molecule has 6 heteroatoms. The molecular formula is C23H32N4O2. The van der Waals surface area contributed by atoms with Crippen molar-refractivity contribution in [2.24, 2.45) is 5.92 Å². The van der Waals surface area contributed by atoms with E-state index in [-0.39, 0.29) is 17.9 Å². The van der Waals surface area contributed by atoms with E-state index < -0.39 is 0 Å². The smallest absolute Gasteiger partial charge is 0.320 e. The normalized spacial score (nSPS) is 23.8. The highest BCUT2D eigenvalue weighted by Gasteiger charge is 2.40. The van der Waals surface area contributed by atoms with Gasteiger partial charge < -0.3 is 14.7 Å². The van der Waals surface area contributed by atoms with Crippen LogP contribution in [-0.2, 0) is 17.8 Å². The Hall–Kier alpha value is -2.08. The first-order chi connectivity index (χ1) is 14.2. The van der Waals surface area contributed by atoms with Gasteiger partial charge in [-0.3, -0.25) is 9.69 Å². The molecule has 0 bridgehead atoms. The number of rotatable bonds is 2. The Bertz CT molecular complexity index is 772. The van der Waals surface area contributed by atoms with Crippen molar-refractivity contribution in [1.29, 1.82) is 0 Å². The van der Waals surface area contributed by atoms with Crippen molar-refractivity contribution in [3.63, 3.8) is 0 Å². The molecular weight excluding hydrogens is 364 g/mol. The van der Waals surface area contributed by atoms with Crippen LogP contribution in [0.1, 0.15) is 36.8 Å². The van der Waals surface area contributed by atoms with Gasteiger partial charge in [0.1, 0.15) is 0 Å². The van der Waals surface area contributed by atoms with Gasteiger partial charge in [-0.25, -0.2) is 4.79 Å². The third-order valence-electron chi connectivity index (χ3n) is 7.34. The van der Waals surface area contributed by atoms with Crippen molar-refractivity contribution >= 4 is 11.9 Å². The molecule has 3 fully saturated rings. The van der Waals surface area contributed by atoms with Crippen LogP contribution in [0.25, 0.3) is 0 Å². The minimum atomic E-state index is -0.00807. The van der Waals surface area contributed by atoms with E-state index in [0.29, 0.717) is 19.6 Å². The summed E-state index contributed by atoms with van der Waals surface area (Å²) in [4.78, 5) is 34.3. The van der Waals surface area contributed by atoms with Gasteiger partial charge in [-0.05, 0) is 36.8 Å². The van der Waals surface area contributed by atoms with Crippen LogP contribution in [0.3, 0.4) is 0 Å². The van der Waals surface area contributed by atoms with Gasteiger partial charge in [-0.1, -0.05) is 30.7 Å². The number of likely N-dealkylation sites (tertiary alicyclic amines) is 1. The Labute approximate surface area is 173 Å². The third kappa shape index (κ3) is 3.75. The summed E-state index contributed by atoms with van der Waals surface area (Å²) in [6.07, 6.45) is 6.01. The van der Waals surface area contributed by atoms with Gasteiger partial charge in [0.15, 0.2) is 0 Å². The van der Waals surface area contributed by atoms with E-state index in [1.807, 2.05) is 15.9 Å². The second kappa shape index (κ2) is 7.98. The monoisotopic (exact) mass is 396 g/mol. The fraction of sp³-hybridized carbons (Fsp3) is 0.652. The fourth-order valence-corrected chi connectivity index (χ4v) is 5.18. The molecule has 1 aliphatic carbocycles. The molecule has 3 amide bonds. The highest BCUT2D eigenvalue weighted by atomic mass is 16.2. The summed E-state index contributed by atoms with van der Waals surface area (Å²) in [5, 5.41) is 0. The van der Waals surface area contributed by atoms with Crippen LogP contribution in [0.15, 0.2) is 24.3 Å². The van der Waals surface area contributed by atoms with Crippen LogP contribution in [-0.4, -0.2) is 83.4 Å². The lowest BCUT2D eigenvalue weighted by atomic mass is 9.91. The van der Waals surface area contributed by atoms with E-state index in [9.17, 15) is 9.59 Å². The first-order valence-electron chi connectivity index (χ1n) is 11.3. The molecule has 0 unspecified atom stereocenters. The van der Waals surface area contributed by atoms with Gasteiger partial charge in [0.05, 0.1) is 5.92 Å². The maximum atomic E-state index is 13.0. The number of benzene rings is 1. The van der Waals surface area contributed by atoms with E-state index in [1.165, 1.54) is 30.4 Å². The lowest BCUT2D eigenvalue weighted by Crippen LogP contribution is -2.60. The summed E-state index contributed by atoms with van der Waals surface area (Å²) in [6.45, 7) is 6.48. The molecule has 3 aliphatic heterocycles. The molecule has 29 heavy (non-hydrogen) atoms. The van der Waals surface area contributed by atoms with Crippen molar-refractivity contribution in [1.82, 2.24) is 19.6 Å². The maximum Gasteiger partial charge on any atom is 0.320 e. The van der Waals surface area contributed by atoms with Crippen molar-refractivity contribution in [2.45, 2.75) is 44.7 Å². The van der Waals surface area contributed by atoms with E-state index in [0.717, 1.165) is 51.6 Å². The summed E-state index contributed by atoms with van der Waals surface area (Å²) in [7, 11) is 0. The quantitative estimate of drug-likeness (QED) is 0.770. The van der Waals surface area contributed by atoms with Crippen molar-refractivity contribution in [2.75, 3.05) is 45.8 Å². The average Bonchev–Trinajstić information content (AvgIpc) is 2.91. The van der Waals surface area contributed by atoms with Crippen molar-refractivity contribution in [3.8, 4) is 0 Å². The molecule has 1 saturated carbocycles. The molecule has 0 aromatic heterocycles. The molecule has 3 heterocycles. The number of amides is 3. The number of fused-ring (bicyclic) bond motifs is 1. The summed E-state index contributed by atoms with van der Waals surface area (Å²) < 4.78 is 0. The van der Waals surface area contributed by atoms with Crippen LogP contribution < -0.4 is 0 Å². The Morgan fingerprint density at radius 1 is 0.793 bits per heavy atom. The maximum absolute atomic E-state index is 13.0. The van der Waals surface area contributed by atoms with E-state index in [1.54, 1.807) is 0 Å². The molecule has 2 saturated heterocycles. The number of hydrogen-bond acceptors (Lipinski definition) is 3. The molecule has 0 N–H and O–H groups in total. The Morgan fingerprint density at radius 3 is 2.34 bits per heavy atom. The van der Waals surface area contributed by atoms with Crippen LogP contribution in [0.2, 0.25) is 0 Å². The van der Waals surface area contributed by atoms with Gasteiger partial charge in [-0.15, -0.1) is 0 Å². The summed E-state index contributed by atoms with van der Waals surface area (Å²) in [5.74, 6) is 0.250. The number of nitrogens with zero attached hydrogens (tertiary/aromatic N) is 4. The molecule has 5 rings (SSSR count). The Balaban J connectivity index is 1.11. The molecule has 6 nitrogen and oxygen atoms in total. The van der Waals surface area contributed by atoms with Crippen LogP contribution in [0, 0.1) is 5.92 Å². The first kappa shape index (κ1) is 18.9. The fourth-order valence-electron chi connectivity index (χ4n) is 5.18. The standard InChI is InChI=1S/C23H32N4O2/c28-22(25-11-4-10-24(13-14-25)21-7-3-8-21)20-16-27(17-20)23(29)26-12-9-18-5-1-2-6-19(18)15-26/h1-2,5-6,20-21H,3-4,7-17H2. The molecule has 1 aromatic carbocycles. The summed E-state index contributed by atoms with van der Waals surface area (Å²) >= 11 is 0. The van der Waals surface area contributed by atoms with Gasteiger partial charge in [-0.2, -0.15) is 0 Å². The van der Waals surface area contributed by atoms with Crippen molar-refractivity contribution < 1.29 is 9.59 Å². The topological polar surface area (TPSA) is 47.1 Å². The van der Waals surface area contributed by atoms with Crippen molar-refractivity contribution in [3.05, 3.63) is 35.4 Å². The Kier molecular flexibility index (Phi) is 5.20. The summed E-state index contributed by atoms with van der Waals surface area (Å²) in [5.41, 5.74) is 2.60. The second-order valence-corrected chi connectivity index (χ2v) is 9.12. The molecule has 0 atom stereocenters. The lowest BCUT2D eigenvalue weighted by molar-refractivity contribution is -0.139. The Morgan fingerprint density at radius 2 is 1.59 bits per heavy atom. The minimum Gasteiger partial charge on any atom is -0.341 e. The number of carbonyl (C=O) groups excluding carboxylic acids is 2. The molecule has 0 radical (unpaired) electrons. The average molecular weight is 397 g/mol. The number of carbonyl (C=O) groups is 2. The van der Waals surface area contributed by atoms with Gasteiger partial charge in [0.2, 0.25) is 5.91 Å². The van der Waals surface area contributed by atoms with E-state index in [4.69, 9.17) is 0 Å². The molecule has 4 aliphatic rings. The van der Waals surface area contributed by atoms with Gasteiger partial charge in [0, 0.05) is 58.4 Å². The first-order valence-corrected chi connectivity index (χ1v) is 11.3. The van der Waals surface area contributed by atoms with E-state index in [2.05, 4.69) is 28.0 Å². The zero-order chi connectivity index (χ0) is 19.8. The molecule has 156 valence electrons.